The number of amides is 1. The first-order valence-electron chi connectivity index (χ1n) is 9.61. The Morgan fingerprint density at radius 2 is 1.64 bits per heavy atom. The minimum atomic E-state index is -0.653. The molecular formula is C20H32N4O. The summed E-state index contributed by atoms with van der Waals surface area (Å²) >= 11 is 0. The molecule has 3 N–H and O–H groups in total. The molecule has 0 bridgehead atoms. The van der Waals surface area contributed by atoms with Crippen LogP contribution in [0.2, 0.25) is 0 Å². The number of benzene rings is 1. The minimum Gasteiger partial charge on any atom is -0.350 e. The molecule has 138 valence electrons. The predicted molar refractivity (Wildman–Crippen MR) is 101 cm³/mol. The topological polar surface area (TPSA) is 61.6 Å². The summed E-state index contributed by atoms with van der Waals surface area (Å²) in [5, 5.41) is 3.04. The van der Waals surface area contributed by atoms with Crippen LogP contribution in [0.15, 0.2) is 24.3 Å². The van der Waals surface area contributed by atoms with Gasteiger partial charge in [-0.05, 0) is 31.0 Å². The summed E-state index contributed by atoms with van der Waals surface area (Å²) < 4.78 is 0. The van der Waals surface area contributed by atoms with Gasteiger partial charge >= 0.3 is 0 Å². The van der Waals surface area contributed by atoms with Crippen LogP contribution in [0.4, 0.5) is 0 Å². The summed E-state index contributed by atoms with van der Waals surface area (Å²) in [7, 11) is 2.18. The molecule has 1 saturated heterocycles. The van der Waals surface area contributed by atoms with Gasteiger partial charge in [0.05, 0.1) is 5.54 Å². The van der Waals surface area contributed by atoms with Crippen molar-refractivity contribution in [2.24, 2.45) is 5.73 Å². The zero-order valence-corrected chi connectivity index (χ0v) is 15.5. The van der Waals surface area contributed by atoms with Crippen molar-refractivity contribution in [3.05, 3.63) is 35.4 Å². The third-order valence-electron chi connectivity index (χ3n) is 5.68. The smallest absolute Gasteiger partial charge is 0.240 e. The Labute approximate surface area is 151 Å². The second-order valence-electron chi connectivity index (χ2n) is 7.80. The Hall–Kier alpha value is -1.43. The zero-order chi connectivity index (χ0) is 17.7. The Bertz CT molecular complexity index is 558. The molecule has 0 spiro atoms. The van der Waals surface area contributed by atoms with Crippen molar-refractivity contribution in [1.29, 1.82) is 0 Å². The number of nitrogens with two attached hydrogens (primary N) is 1. The fourth-order valence-electron chi connectivity index (χ4n) is 3.79. The van der Waals surface area contributed by atoms with Gasteiger partial charge in [-0.25, -0.2) is 0 Å². The highest BCUT2D eigenvalue weighted by Crippen LogP contribution is 2.26. The highest BCUT2D eigenvalue weighted by molar-refractivity contribution is 5.86. The summed E-state index contributed by atoms with van der Waals surface area (Å²) in [6.45, 7) is 6.12. The molecular weight excluding hydrogens is 312 g/mol. The standard InChI is InChI=1S/C20H32N4O/c1-23-11-13-24(14-12-23)16-18-7-5-17(6-8-18)15-22-19(25)20(21)9-3-2-4-10-20/h5-8H,2-4,9-16,21H2,1H3,(H,22,25). The molecule has 25 heavy (non-hydrogen) atoms. The lowest BCUT2D eigenvalue weighted by molar-refractivity contribution is -0.127. The predicted octanol–water partition coefficient (Wildman–Crippen LogP) is 1.71. The van der Waals surface area contributed by atoms with Gasteiger partial charge in [-0.1, -0.05) is 43.5 Å². The van der Waals surface area contributed by atoms with E-state index in [0.29, 0.717) is 6.54 Å². The first kappa shape index (κ1) is 18.4. The van der Waals surface area contributed by atoms with Gasteiger partial charge in [0, 0.05) is 39.3 Å². The monoisotopic (exact) mass is 344 g/mol. The molecule has 3 rings (SSSR count). The van der Waals surface area contributed by atoms with Gasteiger partial charge in [0.1, 0.15) is 0 Å². The van der Waals surface area contributed by atoms with E-state index in [1.807, 2.05) is 0 Å². The van der Waals surface area contributed by atoms with E-state index >= 15 is 0 Å². The maximum atomic E-state index is 12.4. The molecule has 0 unspecified atom stereocenters. The molecule has 1 amide bonds. The van der Waals surface area contributed by atoms with Gasteiger partial charge < -0.3 is 16.0 Å². The van der Waals surface area contributed by atoms with Crippen molar-refractivity contribution >= 4 is 5.91 Å². The molecule has 5 nitrogen and oxygen atoms in total. The lowest BCUT2D eigenvalue weighted by atomic mass is 9.82. The third-order valence-corrected chi connectivity index (χ3v) is 5.68. The maximum absolute atomic E-state index is 12.4. The Morgan fingerprint density at radius 3 is 2.28 bits per heavy atom. The van der Waals surface area contributed by atoms with Crippen molar-refractivity contribution in [2.45, 2.75) is 50.7 Å². The van der Waals surface area contributed by atoms with Crippen molar-refractivity contribution in [1.82, 2.24) is 15.1 Å². The highest BCUT2D eigenvalue weighted by Gasteiger charge is 2.34. The van der Waals surface area contributed by atoms with Crippen molar-refractivity contribution < 1.29 is 4.79 Å². The number of nitrogens with zero attached hydrogens (tertiary/aromatic N) is 2. The van der Waals surface area contributed by atoms with E-state index in [9.17, 15) is 4.79 Å². The molecule has 1 heterocycles. The Morgan fingerprint density at radius 1 is 1.04 bits per heavy atom. The van der Waals surface area contributed by atoms with Crippen LogP contribution in [0, 0.1) is 0 Å². The summed E-state index contributed by atoms with van der Waals surface area (Å²) in [6.07, 6.45) is 4.93. The van der Waals surface area contributed by atoms with Crippen LogP contribution in [0.25, 0.3) is 0 Å². The fraction of sp³-hybridized carbons (Fsp3) is 0.650. The number of carbonyl (C=O) groups excluding carboxylic acids is 1. The molecule has 1 aromatic rings. The van der Waals surface area contributed by atoms with E-state index in [4.69, 9.17) is 5.73 Å². The van der Waals surface area contributed by atoms with Crippen LogP contribution in [0.1, 0.15) is 43.2 Å². The van der Waals surface area contributed by atoms with E-state index in [-0.39, 0.29) is 5.91 Å². The van der Waals surface area contributed by atoms with Crippen molar-refractivity contribution in [2.75, 3.05) is 33.2 Å². The Balaban J connectivity index is 1.46. The molecule has 2 aliphatic rings. The van der Waals surface area contributed by atoms with E-state index < -0.39 is 5.54 Å². The number of piperazine rings is 1. The lowest BCUT2D eigenvalue weighted by Gasteiger charge is -2.32. The fourth-order valence-corrected chi connectivity index (χ4v) is 3.79. The van der Waals surface area contributed by atoms with Gasteiger partial charge in [0.2, 0.25) is 5.91 Å². The molecule has 1 aliphatic heterocycles. The second kappa shape index (κ2) is 8.30. The van der Waals surface area contributed by atoms with E-state index in [0.717, 1.165) is 64.0 Å². The van der Waals surface area contributed by atoms with Gasteiger partial charge in [0.15, 0.2) is 0 Å². The minimum absolute atomic E-state index is 0.00807. The van der Waals surface area contributed by atoms with Gasteiger partial charge in [-0.15, -0.1) is 0 Å². The Kier molecular flexibility index (Phi) is 6.10. The van der Waals surface area contributed by atoms with Crippen LogP contribution >= 0.6 is 0 Å². The molecule has 0 radical (unpaired) electrons. The number of carbonyl (C=O) groups is 1. The maximum Gasteiger partial charge on any atom is 0.240 e. The molecule has 5 heteroatoms. The molecule has 0 atom stereocenters. The molecule has 2 fully saturated rings. The molecule has 1 aliphatic carbocycles. The van der Waals surface area contributed by atoms with Crippen LogP contribution < -0.4 is 11.1 Å². The number of nitrogens with one attached hydrogen (secondary N) is 1. The van der Waals surface area contributed by atoms with Crippen LogP contribution in [0.3, 0.4) is 0 Å². The summed E-state index contributed by atoms with van der Waals surface area (Å²) in [6, 6.07) is 8.60. The molecule has 1 saturated carbocycles. The van der Waals surface area contributed by atoms with E-state index in [1.54, 1.807) is 0 Å². The normalized spacial score (nSPS) is 21.8. The highest BCUT2D eigenvalue weighted by atomic mass is 16.2. The third kappa shape index (κ3) is 5.03. The van der Waals surface area contributed by atoms with Gasteiger partial charge in [-0.2, -0.15) is 0 Å². The van der Waals surface area contributed by atoms with Crippen LogP contribution in [0.5, 0.6) is 0 Å². The quantitative estimate of drug-likeness (QED) is 0.854. The number of hydrogen-bond donors (Lipinski definition) is 2. The van der Waals surface area contributed by atoms with Gasteiger partial charge in [0.25, 0.3) is 0 Å². The number of likely N-dealkylation sites (N-methyl/N-ethyl adjacent to an activating group) is 1. The van der Waals surface area contributed by atoms with Crippen LogP contribution in [-0.4, -0.2) is 54.5 Å². The summed E-state index contributed by atoms with van der Waals surface area (Å²) in [4.78, 5) is 17.3. The largest absolute Gasteiger partial charge is 0.350 e. The number of hydrogen-bond acceptors (Lipinski definition) is 4. The molecule has 0 aromatic heterocycles. The van der Waals surface area contributed by atoms with Gasteiger partial charge in [-0.3, -0.25) is 9.69 Å². The van der Waals surface area contributed by atoms with Crippen molar-refractivity contribution in [3.63, 3.8) is 0 Å². The van der Waals surface area contributed by atoms with Crippen molar-refractivity contribution in [3.8, 4) is 0 Å². The second-order valence-corrected chi connectivity index (χ2v) is 7.80. The zero-order valence-electron chi connectivity index (χ0n) is 15.5. The summed E-state index contributed by atoms with van der Waals surface area (Å²) in [5.74, 6) is 0.00807. The molecule has 1 aromatic carbocycles. The summed E-state index contributed by atoms with van der Waals surface area (Å²) in [5.41, 5.74) is 8.10. The first-order chi connectivity index (χ1) is 12.0. The average molecular weight is 345 g/mol. The average Bonchev–Trinajstić information content (AvgIpc) is 2.63. The van der Waals surface area contributed by atoms with Crippen LogP contribution in [-0.2, 0) is 17.9 Å². The number of rotatable bonds is 5. The SMILES string of the molecule is CN1CCN(Cc2ccc(CNC(=O)C3(N)CCCCC3)cc2)CC1. The van der Waals surface area contributed by atoms with E-state index in [1.165, 1.54) is 12.0 Å². The van der Waals surface area contributed by atoms with E-state index in [2.05, 4.69) is 46.4 Å². The first-order valence-corrected chi connectivity index (χ1v) is 9.61. The lowest BCUT2D eigenvalue weighted by Crippen LogP contribution is -2.54.